The van der Waals surface area contributed by atoms with Gasteiger partial charge in [0.1, 0.15) is 5.82 Å². The second-order valence-electron chi connectivity index (χ2n) is 4.30. The van der Waals surface area contributed by atoms with Crippen molar-refractivity contribution in [3.63, 3.8) is 0 Å². The first kappa shape index (κ1) is 12.0. The predicted octanol–water partition coefficient (Wildman–Crippen LogP) is 2.62. The molecule has 0 aliphatic heterocycles. The van der Waals surface area contributed by atoms with Crippen LogP contribution in [0.25, 0.3) is 0 Å². The fourth-order valence-corrected chi connectivity index (χ4v) is 1.54. The Kier molecular flexibility index (Phi) is 4.56. The van der Waals surface area contributed by atoms with Crippen LogP contribution in [0.4, 0.5) is 5.82 Å². The van der Waals surface area contributed by atoms with Crippen LogP contribution in [-0.2, 0) is 11.3 Å². The molecule has 0 saturated heterocycles. The fourth-order valence-electron chi connectivity index (χ4n) is 1.54. The molecular formula is C12H20N2O. The summed E-state index contributed by atoms with van der Waals surface area (Å²) >= 11 is 0. The van der Waals surface area contributed by atoms with E-state index in [1.54, 1.807) is 6.20 Å². The number of nitrogens with two attached hydrogens (primary N) is 1. The van der Waals surface area contributed by atoms with E-state index in [-0.39, 0.29) is 6.10 Å². The first-order chi connectivity index (χ1) is 7.09. The Morgan fingerprint density at radius 3 is 2.73 bits per heavy atom. The molecule has 1 atom stereocenters. The largest absolute Gasteiger partial charge is 0.383 e. The van der Waals surface area contributed by atoms with Crippen LogP contribution in [0.2, 0.25) is 0 Å². The molecule has 1 rings (SSSR count). The molecule has 0 saturated carbocycles. The Labute approximate surface area is 91.7 Å². The van der Waals surface area contributed by atoms with Crippen molar-refractivity contribution < 1.29 is 4.74 Å². The maximum Gasteiger partial charge on any atom is 0.128 e. The second-order valence-corrected chi connectivity index (χ2v) is 4.30. The van der Waals surface area contributed by atoms with Gasteiger partial charge in [-0.1, -0.05) is 19.9 Å². The Balaban J connectivity index is 2.40. The smallest absolute Gasteiger partial charge is 0.128 e. The topological polar surface area (TPSA) is 48.1 Å². The van der Waals surface area contributed by atoms with Crippen LogP contribution in [0.15, 0.2) is 18.3 Å². The molecule has 1 unspecified atom stereocenters. The summed E-state index contributed by atoms with van der Waals surface area (Å²) in [5, 5.41) is 0. The summed E-state index contributed by atoms with van der Waals surface area (Å²) in [7, 11) is 0. The molecule has 0 bridgehead atoms. The van der Waals surface area contributed by atoms with Crippen LogP contribution >= 0.6 is 0 Å². The third kappa shape index (κ3) is 4.30. The van der Waals surface area contributed by atoms with Crippen LogP contribution in [0, 0.1) is 5.92 Å². The van der Waals surface area contributed by atoms with Crippen LogP contribution in [-0.4, -0.2) is 11.1 Å². The maximum absolute atomic E-state index is 5.72. The van der Waals surface area contributed by atoms with Gasteiger partial charge in [0.2, 0.25) is 0 Å². The highest BCUT2D eigenvalue weighted by atomic mass is 16.5. The number of pyridine rings is 1. The molecule has 0 amide bonds. The summed E-state index contributed by atoms with van der Waals surface area (Å²) in [6.45, 7) is 7.02. The zero-order valence-corrected chi connectivity index (χ0v) is 9.73. The molecule has 3 nitrogen and oxygen atoms in total. The lowest BCUT2D eigenvalue weighted by molar-refractivity contribution is 0.0399. The summed E-state index contributed by atoms with van der Waals surface area (Å²) in [5.74, 6) is 1.22. The summed E-state index contributed by atoms with van der Waals surface area (Å²) < 4.78 is 5.70. The van der Waals surface area contributed by atoms with Gasteiger partial charge in [0, 0.05) is 11.8 Å². The fraction of sp³-hybridized carbons (Fsp3) is 0.583. The van der Waals surface area contributed by atoms with Crippen molar-refractivity contribution in [3.05, 3.63) is 23.9 Å². The normalized spacial score (nSPS) is 13.1. The van der Waals surface area contributed by atoms with E-state index in [1.165, 1.54) is 0 Å². The molecular weight excluding hydrogens is 188 g/mol. The molecule has 1 aromatic heterocycles. The summed E-state index contributed by atoms with van der Waals surface area (Å²) in [6, 6.07) is 3.83. The van der Waals surface area contributed by atoms with Crippen molar-refractivity contribution in [1.82, 2.24) is 4.98 Å². The van der Waals surface area contributed by atoms with Gasteiger partial charge in [0.15, 0.2) is 0 Å². The molecule has 0 fully saturated rings. The molecule has 0 aromatic carbocycles. The average molecular weight is 208 g/mol. The zero-order chi connectivity index (χ0) is 11.3. The van der Waals surface area contributed by atoms with Gasteiger partial charge in [-0.25, -0.2) is 4.98 Å². The zero-order valence-electron chi connectivity index (χ0n) is 9.73. The van der Waals surface area contributed by atoms with E-state index in [0.717, 1.165) is 12.0 Å². The minimum Gasteiger partial charge on any atom is -0.383 e. The standard InChI is InChI=1S/C12H20N2O/c1-9(2)7-10(3)15-8-11-5-4-6-14-12(11)13/h4-6,9-10H,7-8H2,1-3H3,(H2,13,14). The summed E-state index contributed by atoms with van der Waals surface area (Å²) in [6.07, 6.45) is 3.03. The van der Waals surface area contributed by atoms with Crippen LogP contribution < -0.4 is 5.73 Å². The van der Waals surface area contributed by atoms with E-state index in [0.29, 0.717) is 18.3 Å². The first-order valence-electron chi connectivity index (χ1n) is 5.40. The van der Waals surface area contributed by atoms with Crippen molar-refractivity contribution in [1.29, 1.82) is 0 Å². The highest BCUT2D eigenvalue weighted by Gasteiger charge is 2.06. The summed E-state index contributed by atoms with van der Waals surface area (Å²) in [5.41, 5.74) is 6.68. The SMILES string of the molecule is CC(C)CC(C)OCc1cccnc1N. The van der Waals surface area contributed by atoms with Crippen LogP contribution in [0.1, 0.15) is 32.8 Å². The Morgan fingerprint density at radius 2 is 2.13 bits per heavy atom. The maximum atomic E-state index is 5.72. The third-order valence-corrected chi connectivity index (χ3v) is 2.25. The van der Waals surface area contributed by atoms with Crippen LogP contribution in [0.3, 0.4) is 0 Å². The molecule has 84 valence electrons. The van der Waals surface area contributed by atoms with Gasteiger partial charge in [-0.15, -0.1) is 0 Å². The molecule has 0 spiro atoms. The van der Waals surface area contributed by atoms with Crippen molar-refractivity contribution in [2.45, 2.75) is 39.9 Å². The predicted molar refractivity (Wildman–Crippen MR) is 62.4 cm³/mol. The molecule has 15 heavy (non-hydrogen) atoms. The van der Waals surface area contributed by atoms with Crippen molar-refractivity contribution in [2.24, 2.45) is 5.92 Å². The lowest BCUT2D eigenvalue weighted by atomic mass is 10.1. The molecule has 3 heteroatoms. The molecule has 2 N–H and O–H groups in total. The molecule has 1 aromatic rings. The van der Waals surface area contributed by atoms with Crippen molar-refractivity contribution in [2.75, 3.05) is 5.73 Å². The van der Waals surface area contributed by atoms with Gasteiger partial charge in [0.05, 0.1) is 12.7 Å². The van der Waals surface area contributed by atoms with E-state index < -0.39 is 0 Å². The van der Waals surface area contributed by atoms with Crippen molar-refractivity contribution >= 4 is 5.82 Å². The third-order valence-electron chi connectivity index (χ3n) is 2.25. The van der Waals surface area contributed by atoms with Gasteiger partial charge in [-0.3, -0.25) is 0 Å². The number of hydrogen-bond acceptors (Lipinski definition) is 3. The Morgan fingerprint density at radius 1 is 1.40 bits per heavy atom. The van der Waals surface area contributed by atoms with Crippen molar-refractivity contribution in [3.8, 4) is 0 Å². The number of ether oxygens (including phenoxy) is 1. The molecule has 0 aliphatic carbocycles. The number of rotatable bonds is 5. The minimum atomic E-state index is 0.268. The Hall–Kier alpha value is -1.09. The van der Waals surface area contributed by atoms with E-state index in [1.807, 2.05) is 12.1 Å². The van der Waals surface area contributed by atoms with E-state index >= 15 is 0 Å². The van der Waals surface area contributed by atoms with E-state index in [2.05, 4.69) is 25.8 Å². The molecule has 1 heterocycles. The quantitative estimate of drug-likeness (QED) is 0.809. The van der Waals surface area contributed by atoms with E-state index in [4.69, 9.17) is 10.5 Å². The van der Waals surface area contributed by atoms with Gasteiger partial charge >= 0.3 is 0 Å². The first-order valence-corrected chi connectivity index (χ1v) is 5.40. The Bertz CT molecular complexity index is 299. The number of nitrogens with zero attached hydrogens (tertiary/aromatic N) is 1. The summed E-state index contributed by atoms with van der Waals surface area (Å²) in [4.78, 5) is 4.02. The lowest BCUT2D eigenvalue weighted by Crippen LogP contribution is -2.12. The number of hydrogen-bond donors (Lipinski definition) is 1. The number of anilines is 1. The monoisotopic (exact) mass is 208 g/mol. The highest BCUT2D eigenvalue weighted by molar-refractivity contribution is 5.37. The lowest BCUT2D eigenvalue weighted by Gasteiger charge is -2.15. The van der Waals surface area contributed by atoms with Gasteiger partial charge < -0.3 is 10.5 Å². The van der Waals surface area contributed by atoms with Crippen LogP contribution in [0.5, 0.6) is 0 Å². The number of aromatic nitrogens is 1. The second kappa shape index (κ2) is 5.71. The highest BCUT2D eigenvalue weighted by Crippen LogP contribution is 2.13. The minimum absolute atomic E-state index is 0.268. The van der Waals surface area contributed by atoms with E-state index in [9.17, 15) is 0 Å². The van der Waals surface area contributed by atoms with Gasteiger partial charge in [0.25, 0.3) is 0 Å². The average Bonchev–Trinajstić information content (AvgIpc) is 2.15. The molecule has 0 radical (unpaired) electrons. The van der Waals surface area contributed by atoms with Gasteiger partial charge in [-0.05, 0) is 25.3 Å². The molecule has 0 aliphatic rings. The number of nitrogen functional groups attached to an aromatic ring is 1. The van der Waals surface area contributed by atoms with Gasteiger partial charge in [-0.2, -0.15) is 0 Å².